The molecule has 0 bridgehead atoms. The zero-order valence-electron chi connectivity index (χ0n) is 16.8. The van der Waals surface area contributed by atoms with Gasteiger partial charge < -0.3 is 15.3 Å². The largest absolute Gasteiger partial charge is 0.481 e. The van der Waals surface area contributed by atoms with E-state index in [2.05, 4.69) is 26.0 Å². The number of carbonyl (C=O) groups is 1. The van der Waals surface area contributed by atoms with Gasteiger partial charge in [0.2, 0.25) is 0 Å². The third-order valence-corrected chi connectivity index (χ3v) is 7.63. The van der Waals surface area contributed by atoms with Crippen LogP contribution in [0.2, 0.25) is 0 Å². The number of carboxylic acids is 1. The fourth-order valence-corrected chi connectivity index (χ4v) is 6.20. The standard InChI is InChI=1S/C23H36O4/c1-15-18(9-6-10-21(26)27)23(2)14-13-20(25)17(22(15)23)11-12-19(24)16-7-4-3-5-8-16/h9,11-12,15-17,19-20,22,24-25H,3-8,10,13-14H2,1-2H3,(H,26,27)/t15?,17-,19?,20+,22+,23+/m0/s1. The first-order valence-corrected chi connectivity index (χ1v) is 10.8. The summed E-state index contributed by atoms with van der Waals surface area (Å²) in [6, 6.07) is 0. The molecule has 3 rings (SSSR count). The van der Waals surface area contributed by atoms with Gasteiger partial charge >= 0.3 is 5.97 Å². The number of allylic oxidation sites excluding steroid dienone is 2. The summed E-state index contributed by atoms with van der Waals surface area (Å²) in [5.74, 6) is 0.422. The van der Waals surface area contributed by atoms with E-state index in [-0.39, 0.29) is 23.9 Å². The van der Waals surface area contributed by atoms with E-state index in [9.17, 15) is 15.0 Å². The van der Waals surface area contributed by atoms with Crippen molar-refractivity contribution in [2.45, 2.75) is 83.8 Å². The van der Waals surface area contributed by atoms with E-state index < -0.39 is 12.1 Å². The third-order valence-electron chi connectivity index (χ3n) is 7.63. The normalized spacial score (nSPS) is 39.9. The molecule has 0 aliphatic heterocycles. The molecule has 0 radical (unpaired) electrons. The Hall–Kier alpha value is -1.13. The highest BCUT2D eigenvalue weighted by Gasteiger charge is 2.58. The molecule has 6 atom stereocenters. The van der Waals surface area contributed by atoms with Crippen molar-refractivity contribution in [1.82, 2.24) is 0 Å². The van der Waals surface area contributed by atoms with E-state index in [0.29, 0.717) is 24.2 Å². The summed E-state index contributed by atoms with van der Waals surface area (Å²) in [5, 5.41) is 30.1. The number of aliphatic hydroxyl groups excluding tert-OH is 2. The van der Waals surface area contributed by atoms with Crippen LogP contribution < -0.4 is 0 Å². The number of fused-ring (bicyclic) bond motifs is 1. The van der Waals surface area contributed by atoms with E-state index in [1.165, 1.54) is 24.8 Å². The maximum atomic E-state index is 10.8. The molecule has 152 valence electrons. The van der Waals surface area contributed by atoms with Gasteiger partial charge in [-0.15, -0.1) is 0 Å². The van der Waals surface area contributed by atoms with Crippen LogP contribution in [-0.2, 0) is 4.79 Å². The predicted molar refractivity (Wildman–Crippen MR) is 106 cm³/mol. The van der Waals surface area contributed by atoms with Gasteiger partial charge in [0.25, 0.3) is 0 Å². The quantitative estimate of drug-likeness (QED) is 0.603. The summed E-state index contributed by atoms with van der Waals surface area (Å²) in [4.78, 5) is 10.8. The number of carboxylic acid groups (broad SMARTS) is 1. The first-order valence-electron chi connectivity index (χ1n) is 10.8. The first-order chi connectivity index (χ1) is 12.8. The Bertz CT molecular complexity index is 589. The van der Waals surface area contributed by atoms with Gasteiger partial charge in [0.1, 0.15) is 0 Å². The highest BCUT2D eigenvalue weighted by Crippen LogP contribution is 2.64. The fraction of sp³-hybridized carbons (Fsp3) is 0.783. The van der Waals surface area contributed by atoms with Crippen molar-refractivity contribution in [3.8, 4) is 0 Å². The van der Waals surface area contributed by atoms with E-state index in [1.807, 2.05) is 6.08 Å². The van der Waals surface area contributed by atoms with Crippen LogP contribution in [0, 0.1) is 29.1 Å². The lowest BCUT2D eigenvalue weighted by atomic mass is 9.43. The highest BCUT2D eigenvalue weighted by molar-refractivity contribution is 5.66. The van der Waals surface area contributed by atoms with Gasteiger partial charge in [-0.1, -0.05) is 56.9 Å². The molecule has 0 saturated heterocycles. The van der Waals surface area contributed by atoms with Crippen molar-refractivity contribution < 1.29 is 20.1 Å². The number of hydrogen-bond donors (Lipinski definition) is 3. The minimum Gasteiger partial charge on any atom is -0.481 e. The summed E-state index contributed by atoms with van der Waals surface area (Å²) in [5.41, 5.74) is 1.42. The van der Waals surface area contributed by atoms with Crippen LogP contribution in [-0.4, -0.2) is 33.5 Å². The summed E-state index contributed by atoms with van der Waals surface area (Å²) in [6.07, 6.45) is 13.8. The van der Waals surface area contributed by atoms with Crippen LogP contribution in [0.1, 0.15) is 71.6 Å². The van der Waals surface area contributed by atoms with Gasteiger partial charge in [0.05, 0.1) is 12.2 Å². The maximum Gasteiger partial charge on any atom is 0.303 e. The van der Waals surface area contributed by atoms with E-state index in [1.54, 1.807) is 0 Å². The molecule has 0 spiro atoms. The Morgan fingerprint density at radius 2 is 1.96 bits per heavy atom. The molecule has 0 aromatic rings. The van der Waals surface area contributed by atoms with Gasteiger partial charge in [-0.2, -0.15) is 0 Å². The number of aliphatic hydroxyl groups is 2. The maximum absolute atomic E-state index is 10.8. The molecule has 0 aromatic carbocycles. The molecule has 2 unspecified atom stereocenters. The summed E-state index contributed by atoms with van der Waals surface area (Å²) >= 11 is 0. The molecule has 0 amide bonds. The van der Waals surface area contributed by atoms with Gasteiger partial charge in [-0.05, 0) is 55.3 Å². The second-order valence-corrected chi connectivity index (χ2v) is 9.28. The van der Waals surface area contributed by atoms with Gasteiger partial charge in [-0.3, -0.25) is 4.79 Å². The topological polar surface area (TPSA) is 77.8 Å². The van der Waals surface area contributed by atoms with Crippen LogP contribution in [0.25, 0.3) is 0 Å². The first kappa shape index (κ1) is 20.6. The number of aliphatic carboxylic acids is 1. The zero-order valence-corrected chi connectivity index (χ0v) is 16.8. The molecule has 4 nitrogen and oxygen atoms in total. The van der Waals surface area contributed by atoms with Crippen LogP contribution in [0.3, 0.4) is 0 Å². The molecule has 0 aromatic heterocycles. The van der Waals surface area contributed by atoms with E-state index in [4.69, 9.17) is 5.11 Å². The van der Waals surface area contributed by atoms with Crippen molar-refractivity contribution in [1.29, 1.82) is 0 Å². The highest BCUT2D eigenvalue weighted by atomic mass is 16.4. The lowest BCUT2D eigenvalue weighted by Gasteiger charge is -2.62. The molecule has 3 aliphatic rings. The molecular weight excluding hydrogens is 340 g/mol. The lowest BCUT2D eigenvalue weighted by Crippen LogP contribution is -2.56. The SMILES string of the molecule is CC1C(=CCCC(=O)O)[C@@]2(C)CC[C@@H](O)[C@H](C=CC(O)C3CCCCC3)[C@@H]12. The monoisotopic (exact) mass is 376 g/mol. The Labute approximate surface area is 163 Å². The van der Waals surface area contributed by atoms with Crippen LogP contribution in [0.15, 0.2) is 23.8 Å². The fourth-order valence-electron chi connectivity index (χ4n) is 6.20. The molecule has 0 heterocycles. The van der Waals surface area contributed by atoms with Crippen LogP contribution in [0.4, 0.5) is 0 Å². The van der Waals surface area contributed by atoms with Crippen molar-refractivity contribution in [3.63, 3.8) is 0 Å². The summed E-state index contributed by atoms with van der Waals surface area (Å²) in [7, 11) is 0. The Morgan fingerprint density at radius 3 is 2.63 bits per heavy atom. The smallest absolute Gasteiger partial charge is 0.303 e. The Morgan fingerprint density at radius 1 is 1.26 bits per heavy atom. The zero-order chi connectivity index (χ0) is 19.6. The molecule has 27 heavy (non-hydrogen) atoms. The average molecular weight is 377 g/mol. The molecule has 3 fully saturated rings. The average Bonchev–Trinajstić information content (AvgIpc) is 2.65. The second-order valence-electron chi connectivity index (χ2n) is 9.28. The Kier molecular flexibility index (Phi) is 6.47. The van der Waals surface area contributed by atoms with E-state index >= 15 is 0 Å². The number of hydrogen-bond acceptors (Lipinski definition) is 3. The molecule has 3 saturated carbocycles. The second kappa shape index (κ2) is 8.48. The van der Waals surface area contributed by atoms with Gasteiger partial charge in [-0.25, -0.2) is 0 Å². The van der Waals surface area contributed by atoms with Crippen molar-refractivity contribution in [3.05, 3.63) is 23.8 Å². The van der Waals surface area contributed by atoms with Gasteiger partial charge in [0.15, 0.2) is 0 Å². The molecule has 4 heteroatoms. The van der Waals surface area contributed by atoms with Crippen molar-refractivity contribution in [2.75, 3.05) is 0 Å². The lowest BCUT2D eigenvalue weighted by molar-refractivity contribution is -0.136. The summed E-state index contributed by atoms with van der Waals surface area (Å²) < 4.78 is 0. The number of rotatable bonds is 6. The molecule has 3 N–H and O–H groups in total. The molecule has 3 aliphatic carbocycles. The predicted octanol–water partition coefficient (Wildman–Crippen LogP) is 4.32. The van der Waals surface area contributed by atoms with Crippen molar-refractivity contribution >= 4 is 5.97 Å². The van der Waals surface area contributed by atoms with Crippen LogP contribution in [0.5, 0.6) is 0 Å². The van der Waals surface area contributed by atoms with Crippen LogP contribution >= 0.6 is 0 Å². The summed E-state index contributed by atoms with van der Waals surface area (Å²) in [6.45, 7) is 4.48. The minimum absolute atomic E-state index is 0.0575. The van der Waals surface area contributed by atoms with Crippen molar-refractivity contribution in [2.24, 2.45) is 29.1 Å². The minimum atomic E-state index is -0.753. The van der Waals surface area contributed by atoms with E-state index in [0.717, 1.165) is 25.7 Å². The molecular formula is C23H36O4. The van der Waals surface area contributed by atoms with Gasteiger partial charge in [0, 0.05) is 12.3 Å². The third kappa shape index (κ3) is 4.17. The Balaban J connectivity index is 1.69.